The lowest BCUT2D eigenvalue weighted by Gasteiger charge is -2.33. The number of likely N-dealkylation sites (tertiary alicyclic amines) is 1. The zero-order valence-corrected chi connectivity index (χ0v) is 12.1. The zero-order valence-electron chi connectivity index (χ0n) is 12.1. The fourth-order valence-electron chi connectivity index (χ4n) is 2.67. The lowest BCUT2D eigenvalue weighted by molar-refractivity contribution is -0.152. The standard InChI is InChI=1S/C13H19N3O5/c1-13(2)11(20)16(12(21)14-13)7-9(17)15-6-4-3-5-8(15)10(18)19/h8H,3-7H2,1-2H3,(H,14,21)(H,18,19)/t8-/m0/s1. The van der Waals surface area contributed by atoms with E-state index in [4.69, 9.17) is 5.11 Å². The quantitative estimate of drug-likeness (QED) is 0.700. The van der Waals surface area contributed by atoms with Crippen molar-refractivity contribution in [2.45, 2.75) is 44.7 Å². The van der Waals surface area contributed by atoms with Crippen molar-refractivity contribution in [3.8, 4) is 0 Å². The van der Waals surface area contributed by atoms with Crippen molar-refractivity contribution in [1.82, 2.24) is 15.1 Å². The third-order valence-electron chi connectivity index (χ3n) is 3.85. The molecular weight excluding hydrogens is 278 g/mol. The molecule has 0 radical (unpaired) electrons. The van der Waals surface area contributed by atoms with E-state index in [2.05, 4.69) is 5.32 Å². The number of hydrogen-bond donors (Lipinski definition) is 2. The third kappa shape index (κ3) is 2.84. The van der Waals surface area contributed by atoms with Crippen LogP contribution in [-0.2, 0) is 14.4 Å². The highest BCUT2D eigenvalue weighted by molar-refractivity contribution is 6.08. The second-order valence-corrected chi connectivity index (χ2v) is 5.88. The van der Waals surface area contributed by atoms with E-state index in [0.29, 0.717) is 13.0 Å². The Morgan fingerprint density at radius 2 is 2.00 bits per heavy atom. The number of piperidine rings is 1. The number of carbonyl (C=O) groups excluding carboxylic acids is 3. The lowest BCUT2D eigenvalue weighted by atomic mass is 10.0. The Balaban J connectivity index is 2.09. The number of aliphatic carboxylic acids is 1. The highest BCUT2D eigenvalue weighted by Crippen LogP contribution is 2.20. The van der Waals surface area contributed by atoms with Crippen LogP contribution in [0.5, 0.6) is 0 Å². The summed E-state index contributed by atoms with van der Waals surface area (Å²) in [5.41, 5.74) is -1.04. The Hall–Kier alpha value is -2.12. The second-order valence-electron chi connectivity index (χ2n) is 5.88. The monoisotopic (exact) mass is 297 g/mol. The van der Waals surface area contributed by atoms with Crippen LogP contribution >= 0.6 is 0 Å². The largest absolute Gasteiger partial charge is 0.480 e. The van der Waals surface area contributed by atoms with Gasteiger partial charge in [-0.3, -0.25) is 14.5 Å². The fourth-order valence-corrected chi connectivity index (χ4v) is 2.67. The summed E-state index contributed by atoms with van der Waals surface area (Å²) in [6.07, 6.45) is 1.87. The van der Waals surface area contributed by atoms with Crippen molar-refractivity contribution in [2.24, 2.45) is 0 Å². The van der Waals surface area contributed by atoms with E-state index >= 15 is 0 Å². The first-order valence-electron chi connectivity index (χ1n) is 6.90. The molecule has 21 heavy (non-hydrogen) atoms. The normalized spacial score (nSPS) is 25.0. The van der Waals surface area contributed by atoms with Crippen molar-refractivity contribution < 1.29 is 24.3 Å². The van der Waals surface area contributed by atoms with Crippen molar-refractivity contribution in [3.05, 3.63) is 0 Å². The van der Waals surface area contributed by atoms with E-state index in [1.54, 1.807) is 13.8 Å². The number of carboxylic acid groups (broad SMARTS) is 1. The summed E-state index contributed by atoms with van der Waals surface area (Å²) < 4.78 is 0. The number of amides is 4. The smallest absolute Gasteiger partial charge is 0.326 e. The Kier molecular flexibility index (Phi) is 3.89. The zero-order chi connectivity index (χ0) is 15.8. The Morgan fingerprint density at radius 1 is 1.33 bits per heavy atom. The molecule has 0 bridgehead atoms. The van der Waals surface area contributed by atoms with Crippen molar-refractivity contribution in [1.29, 1.82) is 0 Å². The second kappa shape index (κ2) is 5.34. The lowest BCUT2D eigenvalue weighted by Crippen LogP contribution is -2.52. The SMILES string of the molecule is CC1(C)NC(=O)N(CC(=O)N2CCCC[C@H]2C(=O)O)C1=O. The van der Waals surface area contributed by atoms with Gasteiger partial charge in [0.15, 0.2) is 0 Å². The maximum Gasteiger partial charge on any atom is 0.326 e. The van der Waals surface area contributed by atoms with Crippen LogP contribution in [-0.4, -0.2) is 63.4 Å². The van der Waals surface area contributed by atoms with E-state index in [1.807, 2.05) is 0 Å². The first kappa shape index (κ1) is 15.3. The number of imide groups is 1. The molecule has 8 heteroatoms. The predicted octanol–water partition coefficient (Wildman–Crippen LogP) is -0.217. The van der Waals surface area contributed by atoms with Gasteiger partial charge in [-0.05, 0) is 33.1 Å². The molecule has 2 heterocycles. The van der Waals surface area contributed by atoms with Gasteiger partial charge in [0.1, 0.15) is 18.1 Å². The number of nitrogens with one attached hydrogen (secondary N) is 1. The van der Waals surface area contributed by atoms with E-state index in [1.165, 1.54) is 4.90 Å². The average molecular weight is 297 g/mol. The van der Waals surface area contributed by atoms with Gasteiger partial charge >= 0.3 is 12.0 Å². The first-order chi connectivity index (χ1) is 9.74. The summed E-state index contributed by atoms with van der Waals surface area (Å²) >= 11 is 0. The molecule has 1 atom stereocenters. The minimum absolute atomic E-state index is 0.336. The number of hydrogen-bond acceptors (Lipinski definition) is 4. The van der Waals surface area contributed by atoms with Gasteiger partial charge in [-0.25, -0.2) is 9.59 Å². The van der Waals surface area contributed by atoms with Crippen molar-refractivity contribution >= 4 is 23.8 Å². The number of carboxylic acids is 1. The molecule has 4 amide bonds. The molecule has 2 N–H and O–H groups in total. The molecule has 2 aliphatic rings. The van der Waals surface area contributed by atoms with Crippen LogP contribution < -0.4 is 5.32 Å². The van der Waals surface area contributed by atoms with Crippen LogP contribution in [0.25, 0.3) is 0 Å². The molecule has 116 valence electrons. The van der Waals surface area contributed by atoms with Crippen LogP contribution in [0.1, 0.15) is 33.1 Å². The average Bonchev–Trinajstić information content (AvgIpc) is 2.60. The molecule has 2 fully saturated rings. The molecular formula is C13H19N3O5. The van der Waals surface area contributed by atoms with Gasteiger partial charge in [0.2, 0.25) is 5.91 Å². The minimum Gasteiger partial charge on any atom is -0.480 e. The van der Waals surface area contributed by atoms with Gasteiger partial charge in [-0.1, -0.05) is 0 Å². The van der Waals surface area contributed by atoms with E-state index in [9.17, 15) is 19.2 Å². The van der Waals surface area contributed by atoms with E-state index in [-0.39, 0.29) is 0 Å². The molecule has 0 unspecified atom stereocenters. The summed E-state index contributed by atoms with van der Waals surface area (Å²) in [7, 11) is 0. The highest BCUT2D eigenvalue weighted by atomic mass is 16.4. The molecule has 0 aromatic carbocycles. The summed E-state index contributed by atoms with van der Waals surface area (Å²) in [6.45, 7) is 3.03. The number of rotatable bonds is 3. The predicted molar refractivity (Wildman–Crippen MR) is 71.3 cm³/mol. The van der Waals surface area contributed by atoms with Crippen LogP contribution in [0.15, 0.2) is 0 Å². The van der Waals surface area contributed by atoms with Crippen LogP contribution in [0.2, 0.25) is 0 Å². The molecule has 2 saturated heterocycles. The third-order valence-corrected chi connectivity index (χ3v) is 3.85. The van der Waals surface area contributed by atoms with Crippen LogP contribution in [0, 0.1) is 0 Å². The van der Waals surface area contributed by atoms with Gasteiger partial charge in [0, 0.05) is 6.54 Å². The van der Waals surface area contributed by atoms with Gasteiger partial charge in [0.25, 0.3) is 5.91 Å². The summed E-state index contributed by atoms with van der Waals surface area (Å²) in [6, 6.07) is -1.50. The maximum atomic E-state index is 12.3. The molecule has 2 rings (SSSR count). The molecule has 0 spiro atoms. The maximum absolute atomic E-state index is 12.3. The summed E-state index contributed by atoms with van der Waals surface area (Å²) in [5.74, 6) is -2.05. The molecule has 8 nitrogen and oxygen atoms in total. The number of nitrogens with zero attached hydrogens (tertiary/aromatic N) is 2. The van der Waals surface area contributed by atoms with Crippen molar-refractivity contribution in [2.75, 3.05) is 13.1 Å². The van der Waals surface area contributed by atoms with Crippen LogP contribution in [0.3, 0.4) is 0 Å². The molecule has 0 aromatic heterocycles. The van der Waals surface area contributed by atoms with Gasteiger partial charge < -0.3 is 15.3 Å². The molecule has 2 aliphatic heterocycles. The highest BCUT2D eigenvalue weighted by Gasteiger charge is 2.46. The fraction of sp³-hybridized carbons (Fsp3) is 0.692. The number of carbonyl (C=O) groups is 4. The molecule has 0 aliphatic carbocycles. The number of urea groups is 1. The van der Waals surface area contributed by atoms with Gasteiger partial charge in [-0.2, -0.15) is 0 Å². The Morgan fingerprint density at radius 3 is 2.52 bits per heavy atom. The van der Waals surface area contributed by atoms with Crippen molar-refractivity contribution in [3.63, 3.8) is 0 Å². The van der Waals surface area contributed by atoms with Crippen LogP contribution in [0.4, 0.5) is 4.79 Å². The molecule has 0 saturated carbocycles. The summed E-state index contributed by atoms with van der Waals surface area (Å²) in [5, 5.41) is 11.6. The first-order valence-corrected chi connectivity index (χ1v) is 6.90. The van der Waals surface area contributed by atoms with Gasteiger partial charge in [-0.15, -0.1) is 0 Å². The Bertz CT molecular complexity index is 502. The topological polar surface area (TPSA) is 107 Å². The van der Waals surface area contributed by atoms with E-state index < -0.39 is 41.9 Å². The molecule has 0 aromatic rings. The van der Waals surface area contributed by atoms with Gasteiger partial charge in [0.05, 0.1) is 0 Å². The summed E-state index contributed by atoms with van der Waals surface area (Å²) in [4.78, 5) is 49.3. The van der Waals surface area contributed by atoms with E-state index in [0.717, 1.165) is 17.7 Å². The minimum atomic E-state index is -1.06. The Labute approximate surface area is 122 Å².